The maximum atomic E-state index is 12.6. The lowest BCUT2D eigenvalue weighted by molar-refractivity contribution is -0.133. The quantitative estimate of drug-likeness (QED) is 0.869. The number of nitrogens with zero attached hydrogens (tertiary/aromatic N) is 1. The molecular formula is C18H27N3O2. The van der Waals surface area contributed by atoms with E-state index in [1.165, 1.54) is 6.92 Å². The van der Waals surface area contributed by atoms with Crippen molar-refractivity contribution in [1.29, 1.82) is 0 Å². The summed E-state index contributed by atoms with van der Waals surface area (Å²) in [7, 11) is 0. The minimum Gasteiger partial charge on any atom is -0.349 e. The van der Waals surface area contributed by atoms with Gasteiger partial charge in [0.25, 0.3) is 0 Å². The molecule has 2 rings (SSSR count). The largest absolute Gasteiger partial charge is 0.349 e. The number of aryl methyl sites for hydroxylation is 1. The molecule has 1 aromatic carbocycles. The second-order valence-electron chi connectivity index (χ2n) is 6.43. The van der Waals surface area contributed by atoms with Crippen molar-refractivity contribution in [3.8, 4) is 0 Å². The van der Waals surface area contributed by atoms with Crippen LogP contribution in [0, 0.1) is 12.8 Å². The predicted octanol–water partition coefficient (Wildman–Crippen LogP) is 1.76. The SMILES string of the molecule is CC(=O)NC(CC(=O)N1CCC(CN)CC1)c1ccc(C)cc1. The number of rotatable bonds is 5. The highest BCUT2D eigenvalue weighted by Gasteiger charge is 2.25. The monoisotopic (exact) mass is 317 g/mol. The first-order valence-electron chi connectivity index (χ1n) is 8.31. The van der Waals surface area contributed by atoms with Crippen LogP contribution in [0.15, 0.2) is 24.3 Å². The average molecular weight is 317 g/mol. The number of hydrogen-bond donors (Lipinski definition) is 2. The number of carbonyl (C=O) groups is 2. The van der Waals surface area contributed by atoms with Crippen LogP contribution in [0.3, 0.4) is 0 Å². The molecule has 0 aliphatic carbocycles. The van der Waals surface area contributed by atoms with Gasteiger partial charge in [0.1, 0.15) is 0 Å². The van der Waals surface area contributed by atoms with Crippen molar-refractivity contribution in [3.63, 3.8) is 0 Å². The van der Waals surface area contributed by atoms with Gasteiger partial charge in [-0.1, -0.05) is 29.8 Å². The van der Waals surface area contributed by atoms with Gasteiger partial charge in [-0.2, -0.15) is 0 Å². The summed E-state index contributed by atoms with van der Waals surface area (Å²) in [4.78, 5) is 26.0. The number of piperidine rings is 1. The van der Waals surface area contributed by atoms with E-state index in [9.17, 15) is 9.59 Å². The maximum absolute atomic E-state index is 12.6. The maximum Gasteiger partial charge on any atom is 0.224 e. The molecule has 0 saturated carbocycles. The number of nitrogens with one attached hydrogen (secondary N) is 1. The number of benzene rings is 1. The summed E-state index contributed by atoms with van der Waals surface area (Å²) in [5, 5.41) is 2.90. The fourth-order valence-corrected chi connectivity index (χ4v) is 3.02. The third-order valence-corrected chi connectivity index (χ3v) is 4.54. The van der Waals surface area contributed by atoms with Gasteiger partial charge < -0.3 is 16.0 Å². The molecule has 5 heteroatoms. The van der Waals surface area contributed by atoms with E-state index < -0.39 is 0 Å². The number of nitrogens with two attached hydrogens (primary N) is 1. The highest BCUT2D eigenvalue weighted by molar-refractivity contribution is 5.79. The van der Waals surface area contributed by atoms with Gasteiger partial charge in [-0.3, -0.25) is 9.59 Å². The Balaban J connectivity index is 2.01. The first-order valence-corrected chi connectivity index (χ1v) is 8.31. The molecule has 5 nitrogen and oxygen atoms in total. The molecule has 1 fully saturated rings. The Morgan fingerprint density at radius 3 is 2.39 bits per heavy atom. The zero-order chi connectivity index (χ0) is 16.8. The van der Waals surface area contributed by atoms with E-state index >= 15 is 0 Å². The summed E-state index contributed by atoms with van der Waals surface area (Å²) in [5.41, 5.74) is 7.82. The molecule has 3 N–H and O–H groups in total. The normalized spacial score (nSPS) is 16.9. The van der Waals surface area contributed by atoms with E-state index in [2.05, 4.69) is 5.32 Å². The first-order chi connectivity index (χ1) is 11.0. The van der Waals surface area contributed by atoms with E-state index in [-0.39, 0.29) is 17.9 Å². The predicted molar refractivity (Wildman–Crippen MR) is 90.7 cm³/mol. The molecular weight excluding hydrogens is 290 g/mol. The highest BCUT2D eigenvalue weighted by atomic mass is 16.2. The van der Waals surface area contributed by atoms with Crippen LogP contribution in [0.25, 0.3) is 0 Å². The summed E-state index contributed by atoms with van der Waals surface area (Å²) >= 11 is 0. The molecule has 1 aliphatic rings. The molecule has 1 atom stereocenters. The molecule has 0 aromatic heterocycles. The Bertz CT molecular complexity index is 534. The Hall–Kier alpha value is -1.88. The summed E-state index contributed by atoms with van der Waals surface area (Å²) in [6, 6.07) is 7.68. The molecule has 1 saturated heterocycles. The molecule has 126 valence electrons. The molecule has 1 aromatic rings. The van der Waals surface area contributed by atoms with Crippen LogP contribution in [-0.4, -0.2) is 36.3 Å². The van der Waals surface area contributed by atoms with E-state index in [0.29, 0.717) is 18.9 Å². The van der Waals surface area contributed by atoms with Gasteiger partial charge in [0.15, 0.2) is 0 Å². The van der Waals surface area contributed by atoms with Gasteiger partial charge in [0, 0.05) is 20.0 Å². The van der Waals surface area contributed by atoms with Crippen LogP contribution < -0.4 is 11.1 Å². The minimum atomic E-state index is -0.271. The van der Waals surface area contributed by atoms with E-state index in [4.69, 9.17) is 5.73 Å². The van der Waals surface area contributed by atoms with Crippen molar-refractivity contribution in [1.82, 2.24) is 10.2 Å². The van der Waals surface area contributed by atoms with Gasteiger partial charge in [0.05, 0.1) is 12.5 Å². The lowest BCUT2D eigenvalue weighted by atomic mass is 9.96. The standard InChI is InChI=1S/C18H27N3O2/c1-13-3-5-16(6-4-13)17(20-14(2)22)11-18(23)21-9-7-15(12-19)8-10-21/h3-6,15,17H,7-12,19H2,1-2H3,(H,20,22). The zero-order valence-electron chi connectivity index (χ0n) is 14.0. The van der Waals surface area contributed by atoms with Gasteiger partial charge in [0.2, 0.25) is 11.8 Å². The van der Waals surface area contributed by atoms with Crippen LogP contribution >= 0.6 is 0 Å². The minimum absolute atomic E-state index is 0.0970. The smallest absolute Gasteiger partial charge is 0.224 e. The zero-order valence-corrected chi connectivity index (χ0v) is 14.0. The highest BCUT2D eigenvalue weighted by Crippen LogP contribution is 2.22. The number of hydrogen-bond acceptors (Lipinski definition) is 3. The number of carbonyl (C=O) groups excluding carboxylic acids is 2. The molecule has 0 radical (unpaired) electrons. The Kier molecular flexibility index (Phi) is 6.16. The van der Waals surface area contributed by atoms with Crippen molar-refractivity contribution in [2.45, 2.75) is 39.2 Å². The second-order valence-corrected chi connectivity index (χ2v) is 6.43. The molecule has 1 heterocycles. The fraction of sp³-hybridized carbons (Fsp3) is 0.556. The van der Waals surface area contributed by atoms with E-state index in [1.807, 2.05) is 36.1 Å². The summed E-state index contributed by atoms with van der Waals surface area (Å²) in [6.07, 6.45) is 2.24. The average Bonchev–Trinajstić information content (AvgIpc) is 2.54. The Labute approximate surface area is 138 Å². The summed E-state index contributed by atoms with van der Waals surface area (Å²) < 4.78 is 0. The van der Waals surface area contributed by atoms with Gasteiger partial charge in [-0.05, 0) is 37.8 Å². The van der Waals surface area contributed by atoms with Crippen molar-refractivity contribution in [2.24, 2.45) is 11.7 Å². The van der Waals surface area contributed by atoms with Crippen molar-refractivity contribution in [2.75, 3.05) is 19.6 Å². The molecule has 23 heavy (non-hydrogen) atoms. The van der Waals surface area contributed by atoms with Crippen LogP contribution in [0.1, 0.15) is 43.4 Å². The van der Waals surface area contributed by atoms with Crippen LogP contribution in [0.5, 0.6) is 0 Å². The lowest BCUT2D eigenvalue weighted by Gasteiger charge is -2.32. The van der Waals surface area contributed by atoms with Crippen molar-refractivity contribution >= 4 is 11.8 Å². The topological polar surface area (TPSA) is 75.4 Å². The number of likely N-dealkylation sites (tertiary alicyclic amines) is 1. The van der Waals surface area contributed by atoms with Crippen molar-refractivity contribution < 1.29 is 9.59 Å². The molecule has 1 unspecified atom stereocenters. The van der Waals surface area contributed by atoms with E-state index in [1.54, 1.807) is 0 Å². The Morgan fingerprint density at radius 2 is 1.87 bits per heavy atom. The molecule has 0 bridgehead atoms. The van der Waals surface area contributed by atoms with Gasteiger partial charge in [-0.25, -0.2) is 0 Å². The third-order valence-electron chi connectivity index (χ3n) is 4.54. The molecule has 1 aliphatic heterocycles. The summed E-state index contributed by atoms with van der Waals surface area (Å²) in [5.74, 6) is 0.507. The van der Waals surface area contributed by atoms with Gasteiger partial charge >= 0.3 is 0 Å². The molecule has 2 amide bonds. The van der Waals surface area contributed by atoms with Crippen molar-refractivity contribution in [3.05, 3.63) is 35.4 Å². The lowest BCUT2D eigenvalue weighted by Crippen LogP contribution is -2.41. The first kappa shape index (κ1) is 17.5. The van der Waals surface area contributed by atoms with Crippen LogP contribution in [0.4, 0.5) is 0 Å². The number of amides is 2. The summed E-state index contributed by atoms with van der Waals surface area (Å²) in [6.45, 7) is 5.73. The Morgan fingerprint density at radius 1 is 1.26 bits per heavy atom. The third kappa shape index (κ3) is 5.06. The van der Waals surface area contributed by atoms with Gasteiger partial charge in [-0.15, -0.1) is 0 Å². The van der Waals surface area contributed by atoms with E-state index in [0.717, 1.165) is 37.1 Å². The second kappa shape index (κ2) is 8.11. The fourth-order valence-electron chi connectivity index (χ4n) is 3.02. The molecule has 0 spiro atoms. The van der Waals surface area contributed by atoms with Crippen LogP contribution in [0.2, 0.25) is 0 Å². The van der Waals surface area contributed by atoms with Crippen LogP contribution in [-0.2, 0) is 9.59 Å².